The predicted octanol–water partition coefficient (Wildman–Crippen LogP) is 2.56. The average molecular weight is 308 g/mol. The molecule has 0 radical (unpaired) electrons. The molecule has 1 unspecified atom stereocenters. The van der Waals surface area contributed by atoms with Gasteiger partial charge in [-0.2, -0.15) is 0 Å². The maximum absolute atomic E-state index is 12.5. The maximum Gasteiger partial charge on any atom is 0.240 e. The normalized spacial score (nSPS) is 22.0. The van der Waals surface area contributed by atoms with Crippen LogP contribution in [0, 0.1) is 11.3 Å². The molecule has 3 rings (SSSR count). The first-order valence-corrected chi connectivity index (χ1v) is 9.30. The van der Waals surface area contributed by atoms with Crippen molar-refractivity contribution in [3.8, 4) is 0 Å². The van der Waals surface area contributed by atoms with Crippen LogP contribution < -0.4 is 10.5 Å². The molecule has 0 spiro atoms. The second kappa shape index (κ2) is 5.38. The fourth-order valence-electron chi connectivity index (χ4n) is 3.06. The Morgan fingerprint density at radius 1 is 1.38 bits per heavy atom. The molecule has 2 aliphatic rings. The molecule has 0 bridgehead atoms. The molecule has 4 nitrogen and oxygen atoms in total. The lowest BCUT2D eigenvalue weighted by atomic mass is 10.0. The van der Waals surface area contributed by atoms with Crippen molar-refractivity contribution in [3.63, 3.8) is 0 Å². The van der Waals surface area contributed by atoms with Crippen LogP contribution in [0.15, 0.2) is 29.2 Å². The van der Waals surface area contributed by atoms with E-state index in [0.29, 0.717) is 11.4 Å². The summed E-state index contributed by atoms with van der Waals surface area (Å²) < 4.78 is 27.7. The summed E-state index contributed by atoms with van der Waals surface area (Å²) in [5.74, 6) is 0.750. The van der Waals surface area contributed by atoms with E-state index in [2.05, 4.69) is 4.72 Å². The van der Waals surface area contributed by atoms with Crippen LogP contribution in [0.5, 0.6) is 0 Å². The van der Waals surface area contributed by atoms with E-state index in [1.165, 1.54) is 25.7 Å². The lowest BCUT2D eigenvalue weighted by Gasteiger charge is -2.16. The van der Waals surface area contributed by atoms with E-state index in [0.717, 1.165) is 17.9 Å². The van der Waals surface area contributed by atoms with Gasteiger partial charge in [0.2, 0.25) is 10.0 Å². The molecule has 2 fully saturated rings. The van der Waals surface area contributed by atoms with Crippen LogP contribution in [0.2, 0.25) is 0 Å². The fraction of sp³-hybridized carbons (Fsp3) is 0.625. The van der Waals surface area contributed by atoms with Crippen molar-refractivity contribution in [3.05, 3.63) is 29.8 Å². The quantitative estimate of drug-likeness (QED) is 0.813. The molecule has 1 aromatic rings. The molecule has 0 amide bonds. The Bertz CT molecular complexity index is 619. The zero-order chi connectivity index (χ0) is 15.1. The number of sulfonamides is 1. The van der Waals surface area contributed by atoms with Crippen molar-refractivity contribution in [2.24, 2.45) is 17.1 Å². The van der Waals surface area contributed by atoms with E-state index in [4.69, 9.17) is 5.73 Å². The Morgan fingerprint density at radius 2 is 2.10 bits per heavy atom. The number of benzene rings is 1. The first kappa shape index (κ1) is 15.0. The third-order valence-corrected chi connectivity index (χ3v) is 6.39. The molecule has 0 saturated heterocycles. The first-order chi connectivity index (χ1) is 9.97. The molecule has 2 aliphatic carbocycles. The van der Waals surface area contributed by atoms with Gasteiger partial charge in [0.15, 0.2) is 0 Å². The third kappa shape index (κ3) is 3.15. The Kier molecular flexibility index (Phi) is 3.84. The minimum absolute atomic E-state index is 0.110. The number of hydrogen-bond acceptors (Lipinski definition) is 3. The molecular weight excluding hydrogens is 284 g/mol. The Hall–Kier alpha value is -0.910. The molecule has 0 aliphatic heterocycles. The molecular formula is C16H24N2O2S. The number of hydrogen-bond donors (Lipinski definition) is 2. The summed E-state index contributed by atoms with van der Waals surface area (Å²) in [4.78, 5) is 0.329. The van der Waals surface area contributed by atoms with E-state index in [1.807, 2.05) is 13.0 Å². The van der Waals surface area contributed by atoms with Gasteiger partial charge in [-0.1, -0.05) is 19.1 Å². The monoisotopic (exact) mass is 308 g/mol. The van der Waals surface area contributed by atoms with Crippen molar-refractivity contribution in [1.29, 1.82) is 0 Å². The van der Waals surface area contributed by atoms with Gasteiger partial charge in [0.1, 0.15) is 0 Å². The first-order valence-electron chi connectivity index (χ1n) is 7.82. The lowest BCUT2D eigenvalue weighted by molar-refractivity contribution is 0.432. The summed E-state index contributed by atoms with van der Waals surface area (Å²) >= 11 is 0. The summed E-state index contributed by atoms with van der Waals surface area (Å²) in [5, 5.41) is 0. The minimum Gasteiger partial charge on any atom is -0.324 e. The zero-order valence-corrected chi connectivity index (χ0v) is 13.3. The molecule has 1 aromatic carbocycles. The molecule has 5 heteroatoms. The largest absolute Gasteiger partial charge is 0.324 e. The number of nitrogens with two attached hydrogens (primary N) is 1. The van der Waals surface area contributed by atoms with E-state index >= 15 is 0 Å². The standard InChI is InChI=1S/C16H24N2O2S/c1-2-15(17)12-4-3-5-14(10-12)21(19,20)18-11-16(8-9-16)13-6-7-13/h3-5,10,13,15,18H,2,6-9,11,17H2,1H3. The summed E-state index contributed by atoms with van der Waals surface area (Å²) in [5.41, 5.74) is 7.14. The van der Waals surface area contributed by atoms with Gasteiger partial charge in [0, 0.05) is 12.6 Å². The van der Waals surface area contributed by atoms with Gasteiger partial charge in [0.05, 0.1) is 4.90 Å². The van der Waals surface area contributed by atoms with Gasteiger partial charge >= 0.3 is 0 Å². The van der Waals surface area contributed by atoms with Crippen LogP contribution in [0.1, 0.15) is 50.6 Å². The van der Waals surface area contributed by atoms with Crippen LogP contribution in [-0.2, 0) is 10.0 Å². The summed E-state index contributed by atoms with van der Waals surface area (Å²) in [6.07, 6.45) is 5.66. The summed E-state index contributed by atoms with van der Waals surface area (Å²) in [6, 6.07) is 6.90. The smallest absolute Gasteiger partial charge is 0.240 e. The third-order valence-electron chi connectivity index (χ3n) is 4.99. The second-order valence-electron chi connectivity index (χ2n) is 6.55. The van der Waals surface area contributed by atoms with E-state index in [-0.39, 0.29) is 11.5 Å². The second-order valence-corrected chi connectivity index (χ2v) is 8.32. The number of nitrogens with one attached hydrogen (secondary N) is 1. The van der Waals surface area contributed by atoms with E-state index in [9.17, 15) is 8.42 Å². The Labute approximate surface area is 127 Å². The molecule has 0 aromatic heterocycles. The highest BCUT2D eigenvalue weighted by molar-refractivity contribution is 7.89. The van der Waals surface area contributed by atoms with Crippen molar-refractivity contribution >= 4 is 10.0 Å². The highest BCUT2D eigenvalue weighted by atomic mass is 32.2. The maximum atomic E-state index is 12.5. The summed E-state index contributed by atoms with van der Waals surface area (Å²) in [7, 11) is -3.43. The van der Waals surface area contributed by atoms with Gasteiger partial charge in [-0.15, -0.1) is 0 Å². The molecule has 116 valence electrons. The van der Waals surface area contributed by atoms with Crippen LogP contribution >= 0.6 is 0 Å². The highest BCUT2D eigenvalue weighted by Crippen LogP contribution is 2.60. The molecule has 3 N–H and O–H groups in total. The van der Waals surface area contributed by atoms with Crippen molar-refractivity contribution in [1.82, 2.24) is 4.72 Å². The predicted molar refractivity (Wildman–Crippen MR) is 83.2 cm³/mol. The Morgan fingerprint density at radius 3 is 2.67 bits per heavy atom. The average Bonchev–Trinajstić information content (AvgIpc) is 3.37. The SMILES string of the molecule is CCC(N)c1cccc(S(=O)(=O)NCC2(C3CC3)CC2)c1. The van der Waals surface area contributed by atoms with Crippen LogP contribution in [0.4, 0.5) is 0 Å². The van der Waals surface area contributed by atoms with Gasteiger partial charge in [-0.05, 0) is 61.1 Å². The topological polar surface area (TPSA) is 72.2 Å². The number of rotatable bonds is 7. The Balaban J connectivity index is 1.72. The van der Waals surface area contributed by atoms with Gasteiger partial charge in [0.25, 0.3) is 0 Å². The summed E-state index contributed by atoms with van der Waals surface area (Å²) in [6.45, 7) is 2.58. The zero-order valence-electron chi connectivity index (χ0n) is 12.5. The molecule has 21 heavy (non-hydrogen) atoms. The lowest BCUT2D eigenvalue weighted by Crippen LogP contribution is -2.31. The van der Waals surface area contributed by atoms with Gasteiger partial charge in [-0.25, -0.2) is 13.1 Å². The molecule has 2 saturated carbocycles. The van der Waals surface area contributed by atoms with Crippen molar-refractivity contribution in [2.45, 2.75) is 50.0 Å². The van der Waals surface area contributed by atoms with Gasteiger partial charge < -0.3 is 5.73 Å². The van der Waals surface area contributed by atoms with Crippen LogP contribution in [-0.4, -0.2) is 15.0 Å². The van der Waals surface area contributed by atoms with E-state index in [1.54, 1.807) is 18.2 Å². The molecule has 0 heterocycles. The van der Waals surface area contributed by atoms with Crippen molar-refractivity contribution in [2.75, 3.05) is 6.54 Å². The minimum atomic E-state index is -3.43. The van der Waals surface area contributed by atoms with Gasteiger partial charge in [-0.3, -0.25) is 0 Å². The van der Waals surface area contributed by atoms with Crippen molar-refractivity contribution < 1.29 is 8.42 Å². The molecule has 1 atom stereocenters. The van der Waals surface area contributed by atoms with E-state index < -0.39 is 10.0 Å². The van der Waals surface area contributed by atoms with Crippen LogP contribution in [0.3, 0.4) is 0 Å². The highest BCUT2D eigenvalue weighted by Gasteiger charge is 2.53. The fourth-order valence-corrected chi connectivity index (χ4v) is 4.25. The van der Waals surface area contributed by atoms with Crippen LogP contribution in [0.25, 0.3) is 0 Å².